The van der Waals surface area contributed by atoms with Crippen LogP contribution in [0, 0.1) is 0 Å². The SMILES string of the molecule is O=C(Nc1ccc(OC2CCCC2)cc1)c1ccc(C2SCCCS2)cc1. The Morgan fingerprint density at radius 2 is 1.56 bits per heavy atom. The number of hydrogen-bond donors (Lipinski definition) is 1. The van der Waals surface area contributed by atoms with Gasteiger partial charge in [0.25, 0.3) is 5.91 Å². The largest absolute Gasteiger partial charge is 0.490 e. The summed E-state index contributed by atoms with van der Waals surface area (Å²) in [6.45, 7) is 0. The van der Waals surface area contributed by atoms with Crippen molar-refractivity contribution in [1.82, 2.24) is 0 Å². The first kappa shape index (κ1) is 18.8. The highest BCUT2D eigenvalue weighted by atomic mass is 32.2. The van der Waals surface area contributed by atoms with Gasteiger partial charge in [-0.3, -0.25) is 4.79 Å². The highest BCUT2D eigenvalue weighted by Crippen LogP contribution is 2.43. The van der Waals surface area contributed by atoms with E-state index in [0.717, 1.165) is 24.3 Å². The number of carbonyl (C=O) groups excluding carboxylic acids is 1. The molecule has 0 spiro atoms. The third-order valence-electron chi connectivity index (χ3n) is 4.99. The lowest BCUT2D eigenvalue weighted by atomic mass is 10.1. The Hall–Kier alpha value is -1.59. The van der Waals surface area contributed by atoms with Crippen LogP contribution in [0.5, 0.6) is 5.75 Å². The first-order chi connectivity index (χ1) is 13.3. The fraction of sp³-hybridized carbons (Fsp3) is 0.409. The van der Waals surface area contributed by atoms with E-state index >= 15 is 0 Å². The average Bonchev–Trinajstić information content (AvgIpc) is 3.23. The number of ether oxygens (including phenoxy) is 1. The Morgan fingerprint density at radius 1 is 0.889 bits per heavy atom. The second kappa shape index (κ2) is 9.07. The van der Waals surface area contributed by atoms with Crippen molar-refractivity contribution in [3.8, 4) is 5.75 Å². The van der Waals surface area contributed by atoms with Crippen molar-refractivity contribution in [3.63, 3.8) is 0 Å². The van der Waals surface area contributed by atoms with Gasteiger partial charge in [-0.25, -0.2) is 0 Å². The third kappa shape index (κ3) is 5.02. The van der Waals surface area contributed by atoms with Crippen molar-refractivity contribution >= 4 is 35.1 Å². The molecular weight excluding hydrogens is 374 g/mol. The minimum atomic E-state index is -0.0741. The molecule has 0 aromatic heterocycles. The van der Waals surface area contributed by atoms with Crippen LogP contribution in [0.4, 0.5) is 5.69 Å². The number of benzene rings is 2. The van der Waals surface area contributed by atoms with E-state index < -0.39 is 0 Å². The van der Waals surface area contributed by atoms with Gasteiger partial charge in [0, 0.05) is 11.3 Å². The smallest absolute Gasteiger partial charge is 0.255 e. The van der Waals surface area contributed by atoms with Gasteiger partial charge in [0.15, 0.2) is 0 Å². The van der Waals surface area contributed by atoms with E-state index in [1.807, 2.05) is 59.9 Å². The predicted octanol–water partition coefficient (Wildman–Crippen LogP) is 6.13. The van der Waals surface area contributed by atoms with Crippen molar-refractivity contribution in [2.24, 2.45) is 0 Å². The summed E-state index contributed by atoms with van der Waals surface area (Å²) >= 11 is 3.99. The lowest BCUT2D eigenvalue weighted by Gasteiger charge is -2.21. The molecule has 2 aromatic rings. The fourth-order valence-electron chi connectivity index (χ4n) is 3.49. The minimum absolute atomic E-state index is 0.0741. The molecule has 0 bridgehead atoms. The van der Waals surface area contributed by atoms with Crippen LogP contribution in [0.25, 0.3) is 0 Å². The first-order valence-electron chi connectivity index (χ1n) is 9.69. The number of thioether (sulfide) groups is 2. The molecule has 1 aliphatic carbocycles. The van der Waals surface area contributed by atoms with Crippen molar-refractivity contribution in [3.05, 3.63) is 59.7 Å². The topological polar surface area (TPSA) is 38.3 Å². The highest BCUT2D eigenvalue weighted by molar-refractivity contribution is 8.16. The van der Waals surface area contributed by atoms with Crippen LogP contribution in [0.1, 0.15) is 52.6 Å². The van der Waals surface area contributed by atoms with E-state index in [1.54, 1.807) is 0 Å². The number of anilines is 1. The van der Waals surface area contributed by atoms with Gasteiger partial charge < -0.3 is 10.1 Å². The zero-order valence-electron chi connectivity index (χ0n) is 15.4. The monoisotopic (exact) mass is 399 g/mol. The molecule has 0 atom stereocenters. The summed E-state index contributed by atoms with van der Waals surface area (Å²) in [4.78, 5) is 12.5. The van der Waals surface area contributed by atoms with Gasteiger partial charge in [-0.1, -0.05) is 12.1 Å². The van der Waals surface area contributed by atoms with E-state index in [0.29, 0.717) is 16.2 Å². The zero-order chi connectivity index (χ0) is 18.5. The molecule has 1 heterocycles. The normalized spacial score (nSPS) is 18.4. The van der Waals surface area contributed by atoms with Crippen LogP contribution in [-0.2, 0) is 0 Å². The van der Waals surface area contributed by atoms with Gasteiger partial charge in [0.1, 0.15) is 5.75 Å². The molecule has 1 amide bonds. The maximum Gasteiger partial charge on any atom is 0.255 e. The maximum absolute atomic E-state index is 12.5. The Labute approximate surface area is 169 Å². The van der Waals surface area contributed by atoms with Crippen molar-refractivity contribution < 1.29 is 9.53 Å². The average molecular weight is 400 g/mol. The van der Waals surface area contributed by atoms with Crippen LogP contribution in [0.2, 0.25) is 0 Å². The number of hydrogen-bond acceptors (Lipinski definition) is 4. The Kier molecular flexibility index (Phi) is 6.30. The number of nitrogens with one attached hydrogen (secondary N) is 1. The molecule has 3 nitrogen and oxygen atoms in total. The molecule has 2 aromatic carbocycles. The van der Waals surface area contributed by atoms with Crippen molar-refractivity contribution in [2.45, 2.75) is 42.8 Å². The molecule has 0 radical (unpaired) electrons. The number of rotatable bonds is 5. The second-order valence-corrected chi connectivity index (χ2v) is 9.78. The summed E-state index contributed by atoms with van der Waals surface area (Å²) in [7, 11) is 0. The summed E-state index contributed by atoms with van der Waals surface area (Å²) in [6.07, 6.45) is 6.45. The van der Waals surface area contributed by atoms with Gasteiger partial charge in [-0.2, -0.15) is 0 Å². The third-order valence-corrected chi connectivity index (χ3v) is 8.00. The lowest BCUT2D eigenvalue weighted by Crippen LogP contribution is -2.13. The number of carbonyl (C=O) groups is 1. The van der Waals surface area contributed by atoms with E-state index in [9.17, 15) is 4.79 Å². The molecule has 2 aliphatic rings. The molecule has 4 rings (SSSR count). The zero-order valence-corrected chi connectivity index (χ0v) is 17.0. The molecule has 1 N–H and O–H groups in total. The highest BCUT2D eigenvalue weighted by Gasteiger charge is 2.18. The van der Waals surface area contributed by atoms with E-state index in [1.165, 1.54) is 36.3 Å². The van der Waals surface area contributed by atoms with Crippen LogP contribution in [0.3, 0.4) is 0 Å². The standard InChI is InChI=1S/C22H25NO2S2/c24-21(16-6-8-17(9-7-16)22-26-14-3-15-27-22)23-18-10-12-20(13-11-18)25-19-4-1-2-5-19/h6-13,19,22H,1-5,14-15H2,(H,23,24). The van der Waals surface area contributed by atoms with Gasteiger partial charge in [0.2, 0.25) is 0 Å². The number of amides is 1. The summed E-state index contributed by atoms with van der Waals surface area (Å²) < 4.78 is 6.48. The van der Waals surface area contributed by atoms with Crippen LogP contribution >= 0.6 is 23.5 Å². The molecule has 27 heavy (non-hydrogen) atoms. The Bertz CT molecular complexity index is 749. The molecule has 0 unspecified atom stereocenters. The van der Waals surface area contributed by atoms with Crippen molar-refractivity contribution in [1.29, 1.82) is 0 Å². The van der Waals surface area contributed by atoms with E-state index in [2.05, 4.69) is 17.4 Å². The molecular formula is C22H25NO2S2. The van der Waals surface area contributed by atoms with Gasteiger partial charge >= 0.3 is 0 Å². The summed E-state index contributed by atoms with van der Waals surface area (Å²) in [5.41, 5.74) is 2.78. The molecule has 2 fully saturated rings. The van der Waals surface area contributed by atoms with Crippen LogP contribution < -0.4 is 10.1 Å². The molecule has 142 valence electrons. The predicted molar refractivity (Wildman–Crippen MR) is 116 cm³/mol. The van der Waals surface area contributed by atoms with E-state index in [4.69, 9.17) is 4.74 Å². The first-order valence-corrected chi connectivity index (χ1v) is 11.8. The van der Waals surface area contributed by atoms with Gasteiger partial charge in [0.05, 0.1) is 10.7 Å². The fourth-order valence-corrected chi connectivity index (χ4v) is 6.38. The van der Waals surface area contributed by atoms with Crippen molar-refractivity contribution in [2.75, 3.05) is 16.8 Å². The quantitative estimate of drug-likeness (QED) is 0.656. The summed E-state index contributed by atoms with van der Waals surface area (Å²) in [6, 6.07) is 15.7. The summed E-state index contributed by atoms with van der Waals surface area (Å²) in [5.74, 6) is 3.25. The minimum Gasteiger partial charge on any atom is -0.490 e. The molecule has 5 heteroatoms. The second-order valence-electron chi connectivity index (χ2n) is 7.05. The molecule has 1 saturated carbocycles. The van der Waals surface area contributed by atoms with Crippen LogP contribution in [0.15, 0.2) is 48.5 Å². The van der Waals surface area contributed by atoms with Gasteiger partial charge in [-0.15, -0.1) is 23.5 Å². The van der Waals surface area contributed by atoms with E-state index in [-0.39, 0.29) is 5.91 Å². The molecule has 1 saturated heterocycles. The van der Waals surface area contributed by atoms with Gasteiger partial charge in [-0.05, 0) is 85.6 Å². The Balaban J connectivity index is 1.34. The molecule has 1 aliphatic heterocycles. The maximum atomic E-state index is 12.5. The summed E-state index contributed by atoms with van der Waals surface area (Å²) in [5, 5.41) is 2.97. The Morgan fingerprint density at radius 3 is 2.22 bits per heavy atom. The lowest BCUT2D eigenvalue weighted by molar-refractivity contribution is 0.102. The van der Waals surface area contributed by atoms with Crippen LogP contribution in [-0.4, -0.2) is 23.5 Å².